The molecule has 0 bridgehead atoms. The number of aryl methyl sites for hydroxylation is 2. The molecule has 9 heteroatoms. The monoisotopic (exact) mass is 578 g/mol. The first kappa shape index (κ1) is 26.4. The summed E-state index contributed by atoms with van der Waals surface area (Å²) in [6.07, 6.45) is 1.57. The summed E-state index contributed by atoms with van der Waals surface area (Å²) in [6, 6.07) is 25.0. The number of hydrogen-bond donors (Lipinski definition) is 1. The second-order valence-corrected chi connectivity index (χ2v) is 11.4. The van der Waals surface area contributed by atoms with Gasteiger partial charge in [-0.25, -0.2) is 13.8 Å². The van der Waals surface area contributed by atoms with Gasteiger partial charge in [0.05, 0.1) is 16.8 Å². The van der Waals surface area contributed by atoms with Crippen LogP contribution in [0.25, 0.3) is 5.69 Å². The van der Waals surface area contributed by atoms with Gasteiger partial charge in [-0.3, -0.25) is 9.10 Å². The zero-order valence-corrected chi connectivity index (χ0v) is 23.1. The van der Waals surface area contributed by atoms with E-state index in [1.807, 2.05) is 51.1 Å². The van der Waals surface area contributed by atoms with Gasteiger partial charge in [0.15, 0.2) is 0 Å². The van der Waals surface area contributed by atoms with Crippen LogP contribution in [0.4, 0.5) is 5.69 Å². The predicted octanol–water partition coefficient (Wildman–Crippen LogP) is 5.51. The van der Waals surface area contributed by atoms with Crippen molar-refractivity contribution in [2.45, 2.75) is 25.7 Å². The number of carbonyl (C=O) groups excluding carboxylic acids is 1. The van der Waals surface area contributed by atoms with Gasteiger partial charge in [-0.05, 0) is 75.4 Å². The van der Waals surface area contributed by atoms with E-state index in [-0.39, 0.29) is 4.90 Å². The molecule has 1 heterocycles. The number of sulfonamides is 1. The minimum atomic E-state index is -3.97. The van der Waals surface area contributed by atoms with Crippen LogP contribution in [0.1, 0.15) is 22.5 Å². The summed E-state index contributed by atoms with van der Waals surface area (Å²) in [5, 5.41) is 4.11. The number of nitrogens with zero attached hydrogens (tertiary/aromatic N) is 3. The van der Waals surface area contributed by atoms with Crippen LogP contribution in [0.3, 0.4) is 0 Å². The minimum Gasteiger partial charge on any atom is -0.318 e. The molecule has 0 radical (unpaired) electrons. The van der Waals surface area contributed by atoms with Crippen molar-refractivity contribution >= 4 is 43.8 Å². The lowest BCUT2D eigenvalue weighted by Gasteiger charge is -2.23. The SMILES string of the molecule is Cc1ccc(S(=O)(=O)N(CC(=O)N/N=C\c2cc(C)n(-c3ccc(Br)cc3)c2C)c2ccccc2)cc1. The minimum absolute atomic E-state index is 0.110. The summed E-state index contributed by atoms with van der Waals surface area (Å²) in [6.45, 7) is 5.44. The molecule has 1 aromatic heterocycles. The van der Waals surface area contributed by atoms with E-state index in [2.05, 4.69) is 31.0 Å². The number of benzene rings is 3. The lowest BCUT2D eigenvalue weighted by atomic mass is 10.2. The van der Waals surface area contributed by atoms with E-state index in [0.29, 0.717) is 5.69 Å². The van der Waals surface area contributed by atoms with Crippen molar-refractivity contribution in [1.29, 1.82) is 0 Å². The highest BCUT2D eigenvalue weighted by Crippen LogP contribution is 2.24. The van der Waals surface area contributed by atoms with Crippen molar-refractivity contribution < 1.29 is 13.2 Å². The van der Waals surface area contributed by atoms with Crippen LogP contribution in [0.2, 0.25) is 0 Å². The van der Waals surface area contributed by atoms with Crippen LogP contribution < -0.4 is 9.73 Å². The zero-order chi connectivity index (χ0) is 26.6. The lowest BCUT2D eigenvalue weighted by molar-refractivity contribution is -0.119. The Bertz CT molecular complexity index is 1530. The van der Waals surface area contributed by atoms with E-state index in [1.54, 1.807) is 48.7 Å². The number of rotatable bonds is 8. The third kappa shape index (κ3) is 6.00. The first-order chi connectivity index (χ1) is 17.7. The Morgan fingerprint density at radius 2 is 1.62 bits per heavy atom. The molecule has 37 heavy (non-hydrogen) atoms. The van der Waals surface area contributed by atoms with Gasteiger partial charge >= 0.3 is 0 Å². The zero-order valence-electron chi connectivity index (χ0n) is 20.7. The molecule has 0 unspecified atom stereocenters. The maximum Gasteiger partial charge on any atom is 0.264 e. The molecule has 0 aliphatic rings. The predicted molar refractivity (Wildman–Crippen MR) is 151 cm³/mol. The van der Waals surface area contributed by atoms with Crippen LogP contribution in [-0.4, -0.2) is 31.7 Å². The molecule has 0 atom stereocenters. The Hall–Kier alpha value is -3.69. The van der Waals surface area contributed by atoms with Crippen LogP contribution in [0, 0.1) is 20.8 Å². The molecule has 0 aliphatic heterocycles. The van der Waals surface area contributed by atoms with Crippen molar-refractivity contribution in [3.05, 3.63) is 112 Å². The maximum absolute atomic E-state index is 13.4. The summed E-state index contributed by atoms with van der Waals surface area (Å²) in [5.74, 6) is -0.558. The first-order valence-corrected chi connectivity index (χ1v) is 13.8. The van der Waals surface area contributed by atoms with Gasteiger partial charge in [0.1, 0.15) is 6.54 Å². The number of anilines is 1. The third-order valence-corrected chi connectivity index (χ3v) is 8.21. The van der Waals surface area contributed by atoms with E-state index in [9.17, 15) is 13.2 Å². The lowest BCUT2D eigenvalue weighted by Crippen LogP contribution is -2.39. The fraction of sp³-hybridized carbons (Fsp3) is 0.143. The van der Waals surface area contributed by atoms with E-state index in [4.69, 9.17) is 0 Å². The molecule has 1 amide bonds. The van der Waals surface area contributed by atoms with Gasteiger partial charge in [-0.2, -0.15) is 5.10 Å². The first-order valence-electron chi connectivity index (χ1n) is 11.6. The number of aromatic nitrogens is 1. The van der Waals surface area contributed by atoms with Crippen LogP contribution in [0.15, 0.2) is 99.4 Å². The average Bonchev–Trinajstić information content (AvgIpc) is 3.16. The Balaban J connectivity index is 1.53. The molecule has 4 rings (SSSR count). The van der Waals surface area contributed by atoms with Gasteiger partial charge in [0.2, 0.25) is 0 Å². The summed E-state index contributed by atoms with van der Waals surface area (Å²) >= 11 is 3.46. The van der Waals surface area contributed by atoms with Gasteiger partial charge < -0.3 is 4.57 Å². The molecule has 0 fully saturated rings. The second-order valence-electron chi connectivity index (χ2n) is 8.59. The Labute approximate surface area is 225 Å². The maximum atomic E-state index is 13.4. The number of para-hydroxylation sites is 1. The number of nitrogens with one attached hydrogen (secondary N) is 1. The van der Waals surface area contributed by atoms with E-state index >= 15 is 0 Å². The standard InChI is InChI=1S/C28H27BrN4O3S/c1-20-9-15-27(16-10-20)37(35,36)32(25-7-5-4-6-8-25)19-28(34)31-30-18-23-17-21(2)33(22(23)3)26-13-11-24(29)12-14-26/h4-18H,19H2,1-3H3,(H,31,34)/b30-18-. The molecular weight excluding hydrogens is 552 g/mol. The molecular formula is C28H27BrN4O3S. The third-order valence-electron chi connectivity index (χ3n) is 5.89. The Morgan fingerprint density at radius 3 is 2.27 bits per heavy atom. The smallest absolute Gasteiger partial charge is 0.264 e. The molecule has 7 nitrogen and oxygen atoms in total. The highest BCUT2D eigenvalue weighted by Gasteiger charge is 2.27. The molecule has 4 aromatic rings. The summed E-state index contributed by atoms with van der Waals surface area (Å²) in [7, 11) is -3.97. The van der Waals surface area contributed by atoms with E-state index in [1.165, 1.54) is 12.1 Å². The number of hydrazone groups is 1. The summed E-state index contributed by atoms with van der Waals surface area (Å²) in [5.41, 5.74) is 7.65. The number of hydrogen-bond acceptors (Lipinski definition) is 4. The second kappa shape index (κ2) is 11.1. The van der Waals surface area contributed by atoms with Crippen molar-refractivity contribution in [1.82, 2.24) is 9.99 Å². The Kier molecular flexibility index (Phi) is 7.94. The van der Waals surface area contributed by atoms with Gasteiger partial charge in [-0.1, -0.05) is 51.8 Å². The van der Waals surface area contributed by atoms with Crippen LogP contribution in [0.5, 0.6) is 0 Å². The number of amides is 1. The topological polar surface area (TPSA) is 83.8 Å². The molecule has 0 spiro atoms. The van der Waals surface area contributed by atoms with E-state index in [0.717, 1.165) is 37.0 Å². The number of halogens is 1. The molecule has 0 aliphatic carbocycles. The van der Waals surface area contributed by atoms with Gasteiger partial charge in [0.25, 0.3) is 15.9 Å². The summed E-state index contributed by atoms with van der Waals surface area (Å²) in [4.78, 5) is 12.9. The Morgan fingerprint density at radius 1 is 0.973 bits per heavy atom. The molecule has 190 valence electrons. The number of carbonyl (C=O) groups is 1. The molecule has 0 saturated carbocycles. The summed E-state index contributed by atoms with van der Waals surface area (Å²) < 4.78 is 31.0. The highest BCUT2D eigenvalue weighted by molar-refractivity contribution is 9.10. The molecule has 3 aromatic carbocycles. The molecule has 1 N–H and O–H groups in total. The quantitative estimate of drug-likeness (QED) is 0.221. The normalized spacial score (nSPS) is 11.6. The van der Waals surface area contributed by atoms with Crippen molar-refractivity contribution in [3.63, 3.8) is 0 Å². The van der Waals surface area contributed by atoms with Crippen molar-refractivity contribution in [3.8, 4) is 5.69 Å². The molecule has 0 saturated heterocycles. The van der Waals surface area contributed by atoms with Crippen molar-refractivity contribution in [2.75, 3.05) is 10.8 Å². The fourth-order valence-electron chi connectivity index (χ4n) is 3.99. The van der Waals surface area contributed by atoms with Gasteiger partial charge in [-0.15, -0.1) is 0 Å². The fourth-order valence-corrected chi connectivity index (χ4v) is 5.68. The average molecular weight is 580 g/mol. The van der Waals surface area contributed by atoms with E-state index < -0.39 is 22.5 Å². The van der Waals surface area contributed by atoms with Crippen LogP contribution in [-0.2, 0) is 14.8 Å². The van der Waals surface area contributed by atoms with Crippen molar-refractivity contribution in [2.24, 2.45) is 5.10 Å². The van der Waals surface area contributed by atoms with Gasteiger partial charge in [0, 0.05) is 27.1 Å². The van der Waals surface area contributed by atoms with Crippen LogP contribution >= 0.6 is 15.9 Å². The highest BCUT2D eigenvalue weighted by atomic mass is 79.9. The largest absolute Gasteiger partial charge is 0.318 e.